The van der Waals surface area contributed by atoms with E-state index in [4.69, 9.17) is 4.74 Å². The molecule has 1 aromatic carbocycles. The second-order valence-electron chi connectivity index (χ2n) is 7.95. The van der Waals surface area contributed by atoms with Crippen molar-refractivity contribution in [1.82, 2.24) is 29.9 Å². The van der Waals surface area contributed by atoms with Crippen LogP contribution in [0.5, 0.6) is 5.88 Å². The van der Waals surface area contributed by atoms with Gasteiger partial charge in [0.25, 0.3) is 0 Å². The van der Waals surface area contributed by atoms with Crippen LogP contribution >= 0.6 is 0 Å². The Balaban J connectivity index is 1.31. The summed E-state index contributed by atoms with van der Waals surface area (Å²) in [6.07, 6.45) is 4.28. The summed E-state index contributed by atoms with van der Waals surface area (Å²) in [4.78, 5) is 29.3. The molecule has 2 amide bonds. The van der Waals surface area contributed by atoms with Gasteiger partial charge in [-0.2, -0.15) is 5.10 Å². The standard InChI is InChI=1S/C24H27N7O3/c1-15-19(16(2)27-23-22(15)24(34-4)29-30(23)3)10-11-20(32)25-14-21(33)28-17-6-8-18(9-7-17)31-13-5-12-26-31/h5-9,12-13H,10-11,14H2,1-4H3,(H,25,32)(H,28,33). The molecular weight excluding hydrogens is 434 g/mol. The summed E-state index contributed by atoms with van der Waals surface area (Å²) < 4.78 is 8.81. The van der Waals surface area contributed by atoms with Crippen molar-refractivity contribution in [2.45, 2.75) is 26.7 Å². The summed E-state index contributed by atoms with van der Waals surface area (Å²) in [6, 6.07) is 9.13. The molecule has 0 radical (unpaired) electrons. The maximum Gasteiger partial charge on any atom is 0.243 e. The van der Waals surface area contributed by atoms with E-state index in [1.54, 1.807) is 34.8 Å². The number of amides is 2. The van der Waals surface area contributed by atoms with Crippen molar-refractivity contribution >= 4 is 28.5 Å². The number of benzene rings is 1. The van der Waals surface area contributed by atoms with Crippen LogP contribution in [0.2, 0.25) is 0 Å². The van der Waals surface area contributed by atoms with Crippen LogP contribution in [-0.2, 0) is 23.1 Å². The number of rotatable bonds is 8. The van der Waals surface area contributed by atoms with Gasteiger partial charge in [-0.15, -0.1) is 5.10 Å². The number of hydrogen-bond acceptors (Lipinski definition) is 6. The van der Waals surface area contributed by atoms with E-state index in [1.807, 2.05) is 45.3 Å². The van der Waals surface area contributed by atoms with E-state index in [0.29, 0.717) is 18.0 Å². The summed E-state index contributed by atoms with van der Waals surface area (Å²) in [6.45, 7) is 3.80. The summed E-state index contributed by atoms with van der Waals surface area (Å²) in [7, 11) is 3.40. The normalized spacial score (nSPS) is 10.9. The molecule has 3 aromatic heterocycles. The van der Waals surface area contributed by atoms with Crippen LogP contribution in [0.25, 0.3) is 16.7 Å². The topological polar surface area (TPSA) is 116 Å². The first kappa shape index (κ1) is 23.0. The lowest BCUT2D eigenvalue weighted by molar-refractivity contribution is -0.124. The third kappa shape index (κ3) is 4.75. The first-order chi connectivity index (χ1) is 16.4. The molecule has 0 fully saturated rings. The molecule has 3 heterocycles. The van der Waals surface area contributed by atoms with Crippen LogP contribution in [-0.4, -0.2) is 50.0 Å². The molecule has 176 valence electrons. The Morgan fingerprint density at radius 3 is 2.56 bits per heavy atom. The monoisotopic (exact) mass is 461 g/mol. The quantitative estimate of drug-likeness (QED) is 0.416. The Morgan fingerprint density at radius 2 is 1.88 bits per heavy atom. The Morgan fingerprint density at radius 1 is 1.12 bits per heavy atom. The predicted octanol–water partition coefficient (Wildman–Crippen LogP) is 2.47. The van der Waals surface area contributed by atoms with Crippen molar-refractivity contribution in [1.29, 1.82) is 0 Å². The molecule has 0 saturated carbocycles. The Hall–Kier alpha value is -4.21. The van der Waals surface area contributed by atoms with E-state index in [1.165, 1.54) is 0 Å². The molecule has 0 saturated heterocycles. The molecule has 0 aliphatic rings. The maximum absolute atomic E-state index is 12.4. The van der Waals surface area contributed by atoms with Crippen LogP contribution in [0.15, 0.2) is 42.7 Å². The molecule has 0 spiro atoms. The van der Waals surface area contributed by atoms with Gasteiger partial charge in [0.2, 0.25) is 17.7 Å². The molecule has 0 atom stereocenters. The van der Waals surface area contributed by atoms with Crippen LogP contribution in [0.1, 0.15) is 23.2 Å². The molecule has 0 aliphatic heterocycles. The fourth-order valence-corrected chi connectivity index (χ4v) is 3.94. The minimum Gasteiger partial charge on any atom is -0.479 e. The van der Waals surface area contributed by atoms with Crippen LogP contribution < -0.4 is 15.4 Å². The number of carbonyl (C=O) groups is 2. The SMILES string of the molecule is COc1nn(C)c2nc(C)c(CCC(=O)NCC(=O)Nc3ccc(-n4cccn4)cc3)c(C)c12. The average molecular weight is 462 g/mol. The molecular formula is C24H27N7O3. The van der Waals surface area contributed by atoms with Gasteiger partial charge < -0.3 is 15.4 Å². The lowest BCUT2D eigenvalue weighted by Crippen LogP contribution is -2.33. The summed E-state index contributed by atoms with van der Waals surface area (Å²) >= 11 is 0. The first-order valence-electron chi connectivity index (χ1n) is 10.9. The smallest absolute Gasteiger partial charge is 0.243 e. The van der Waals surface area contributed by atoms with Crippen molar-refractivity contribution < 1.29 is 14.3 Å². The second-order valence-corrected chi connectivity index (χ2v) is 7.95. The summed E-state index contributed by atoms with van der Waals surface area (Å²) in [5.41, 5.74) is 5.10. The highest BCUT2D eigenvalue weighted by atomic mass is 16.5. The Labute approximate surface area is 196 Å². The number of ether oxygens (including phenoxy) is 1. The molecule has 10 nitrogen and oxygen atoms in total. The van der Waals surface area contributed by atoms with E-state index >= 15 is 0 Å². The number of aryl methyl sites for hydroxylation is 3. The lowest BCUT2D eigenvalue weighted by Gasteiger charge is -2.11. The number of methoxy groups -OCH3 is 1. The third-order valence-corrected chi connectivity index (χ3v) is 5.68. The van der Waals surface area contributed by atoms with Crippen molar-refractivity contribution in [2.75, 3.05) is 19.0 Å². The zero-order valence-corrected chi connectivity index (χ0v) is 19.6. The second kappa shape index (κ2) is 9.74. The maximum atomic E-state index is 12.4. The van der Waals surface area contributed by atoms with Crippen molar-refractivity contribution in [3.05, 3.63) is 59.5 Å². The van der Waals surface area contributed by atoms with Gasteiger partial charge in [0.15, 0.2) is 5.65 Å². The fourth-order valence-electron chi connectivity index (χ4n) is 3.94. The van der Waals surface area contributed by atoms with Crippen LogP contribution in [0, 0.1) is 13.8 Å². The number of carbonyl (C=O) groups excluding carboxylic acids is 2. The zero-order chi connectivity index (χ0) is 24.2. The van der Waals surface area contributed by atoms with Crippen molar-refractivity contribution in [2.24, 2.45) is 7.05 Å². The molecule has 2 N–H and O–H groups in total. The largest absolute Gasteiger partial charge is 0.479 e. The third-order valence-electron chi connectivity index (χ3n) is 5.68. The highest BCUT2D eigenvalue weighted by Crippen LogP contribution is 2.30. The molecule has 4 rings (SSSR count). The Kier molecular flexibility index (Phi) is 6.58. The lowest BCUT2D eigenvalue weighted by atomic mass is 10.00. The van der Waals surface area contributed by atoms with E-state index < -0.39 is 0 Å². The van der Waals surface area contributed by atoms with Gasteiger partial charge in [0.05, 0.1) is 24.7 Å². The van der Waals surface area contributed by atoms with Gasteiger partial charge >= 0.3 is 0 Å². The van der Waals surface area contributed by atoms with Crippen LogP contribution in [0.4, 0.5) is 5.69 Å². The van der Waals surface area contributed by atoms with E-state index in [-0.39, 0.29) is 24.8 Å². The van der Waals surface area contributed by atoms with E-state index in [2.05, 4.69) is 25.8 Å². The molecule has 34 heavy (non-hydrogen) atoms. The minimum absolute atomic E-state index is 0.106. The summed E-state index contributed by atoms with van der Waals surface area (Å²) in [5.74, 6) is 0.0134. The van der Waals surface area contributed by atoms with E-state index in [9.17, 15) is 9.59 Å². The number of anilines is 1. The molecule has 4 aromatic rings. The van der Waals surface area contributed by atoms with Gasteiger partial charge in [-0.25, -0.2) is 14.3 Å². The molecule has 0 unspecified atom stereocenters. The number of fused-ring (bicyclic) bond motifs is 1. The molecule has 0 bridgehead atoms. The highest BCUT2D eigenvalue weighted by molar-refractivity contribution is 5.94. The predicted molar refractivity (Wildman–Crippen MR) is 128 cm³/mol. The average Bonchev–Trinajstić information content (AvgIpc) is 3.46. The van der Waals surface area contributed by atoms with Gasteiger partial charge in [-0.1, -0.05) is 0 Å². The zero-order valence-electron chi connectivity index (χ0n) is 19.6. The number of nitrogens with zero attached hydrogens (tertiary/aromatic N) is 5. The summed E-state index contributed by atoms with van der Waals surface area (Å²) in [5, 5.41) is 14.8. The van der Waals surface area contributed by atoms with Gasteiger partial charge in [0.1, 0.15) is 0 Å². The Bertz CT molecular complexity index is 1330. The number of hydrogen-bond donors (Lipinski definition) is 2. The first-order valence-corrected chi connectivity index (χ1v) is 10.9. The molecule has 10 heteroatoms. The van der Waals surface area contributed by atoms with Gasteiger partial charge in [-0.3, -0.25) is 9.59 Å². The number of nitrogens with one attached hydrogen (secondary N) is 2. The van der Waals surface area contributed by atoms with Crippen molar-refractivity contribution in [3.8, 4) is 11.6 Å². The van der Waals surface area contributed by atoms with Crippen molar-refractivity contribution in [3.63, 3.8) is 0 Å². The van der Waals surface area contributed by atoms with Gasteiger partial charge in [-0.05, 0) is 61.7 Å². The minimum atomic E-state index is -0.296. The van der Waals surface area contributed by atoms with Crippen LogP contribution in [0.3, 0.4) is 0 Å². The fraction of sp³-hybridized carbons (Fsp3) is 0.292. The molecule has 0 aliphatic carbocycles. The highest BCUT2D eigenvalue weighted by Gasteiger charge is 2.18. The van der Waals surface area contributed by atoms with Gasteiger partial charge in [0, 0.05) is 37.2 Å². The van der Waals surface area contributed by atoms with E-state index in [0.717, 1.165) is 33.5 Å². The number of aromatic nitrogens is 5. The number of pyridine rings is 1.